The minimum Gasteiger partial charge on any atom is -0.462 e. The molecule has 1 aromatic carbocycles. The Balaban J connectivity index is 2.54. The molecule has 20 heavy (non-hydrogen) atoms. The molecule has 7 heteroatoms. The van der Waals surface area contributed by atoms with Crippen LogP contribution in [0.4, 0.5) is 4.39 Å². The lowest BCUT2D eigenvalue weighted by Gasteiger charge is -2.18. The maximum Gasteiger partial charge on any atom is 0.341 e. The van der Waals surface area contributed by atoms with Gasteiger partial charge in [-0.05, 0) is 38.5 Å². The van der Waals surface area contributed by atoms with Crippen molar-refractivity contribution in [3.05, 3.63) is 29.1 Å². The van der Waals surface area contributed by atoms with E-state index in [1.54, 1.807) is 20.8 Å². The average Bonchev–Trinajstić information content (AvgIpc) is 2.60. The molecule has 0 atom stereocenters. The number of hydrogen-bond acceptors (Lipinski definition) is 4. The van der Waals surface area contributed by atoms with E-state index in [-0.39, 0.29) is 29.7 Å². The second-order valence-electron chi connectivity index (χ2n) is 4.80. The zero-order chi connectivity index (χ0) is 15.1. The number of rotatable bonds is 3. The van der Waals surface area contributed by atoms with Crippen LogP contribution in [0.2, 0.25) is 0 Å². The van der Waals surface area contributed by atoms with Gasteiger partial charge in [-0.15, -0.1) is 0 Å². The number of fused-ring (bicyclic) bond motifs is 1. The fourth-order valence-corrected chi connectivity index (χ4v) is 4.00. The topological polar surface area (TPSA) is 63.7 Å². The molecule has 0 saturated heterocycles. The highest BCUT2D eigenvalue weighted by molar-refractivity contribution is 7.89. The van der Waals surface area contributed by atoms with Crippen molar-refractivity contribution in [1.29, 1.82) is 0 Å². The normalized spacial score (nSPS) is 17.2. The van der Waals surface area contributed by atoms with Crippen molar-refractivity contribution in [3.63, 3.8) is 0 Å². The second-order valence-corrected chi connectivity index (χ2v) is 6.66. The van der Waals surface area contributed by atoms with Gasteiger partial charge < -0.3 is 4.74 Å². The Kier molecular flexibility index (Phi) is 3.84. The molecule has 0 radical (unpaired) electrons. The van der Waals surface area contributed by atoms with Gasteiger partial charge in [0, 0.05) is 12.6 Å². The van der Waals surface area contributed by atoms with Crippen molar-refractivity contribution in [2.24, 2.45) is 0 Å². The average molecular weight is 301 g/mol. The van der Waals surface area contributed by atoms with E-state index >= 15 is 0 Å². The maximum absolute atomic E-state index is 13.9. The summed E-state index contributed by atoms with van der Waals surface area (Å²) in [6.07, 6.45) is 0. The van der Waals surface area contributed by atoms with E-state index in [2.05, 4.69) is 0 Å². The molecule has 1 heterocycles. The Labute approximate surface area is 117 Å². The summed E-state index contributed by atoms with van der Waals surface area (Å²) in [5, 5.41) is 0. The largest absolute Gasteiger partial charge is 0.462 e. The molecule has 0 amide bonds. The first-order valence-electron chi connectivity index (χ1n) is 6.30. The van der Waals surface area contributed by atoms with Crippen molar-refractivity contribution in [2.75, 3.05) is 6.61 Å². The Morgan fingerprint density at radius 1 is 1.45 bits per heavy atom. The Bertz CT molecular complexity index is 655. The van der Waals surface area contributed by atoms with Crippen LogP contribution in [-0.4, -0.2) is 31.3 Å². The molecule has 0 aliphatic carbocycles. The summed E-state index contributed by atoms with van der Waals surface area (Å²) in [4.78, 5) is 11.6. The fraction of sp³-hybridized carbons (Fsp3) is 0.462. The zero-order valence-corrected chi connectivity index (χ0v) is 12.3. The molecule has 0 bridgehead atoms. The van der Waals surface area contributed by atoms with Crippen LogP contribution >= 0.6 is 0 Å². The van der Waals surface area contributed by atoms with Crippen LogP contribution in [0, 0.1) is 5.82 Å². The van der Waals surface area contributed by atoms with Crippen LogP contribution in [0.5, 0.6) is 0 Å². The van der Waals surface area contributed by atoms with E-state index in [9.17, 15) is 17.6 Å². The van der Waals surface area contributed by atoms with Crippen molar-refractivity contribution in [3.8, 4) is 0 Å². The van der Waals surface area contributed by atoms with E-state index < -0.39 is 21.8 Å². The highest BCUT2D eigenvalue weighted by Gasteiger charge is 2.37. The first-order valence-corrected chi connectivity index (χ1v) is 7.74. The van der Waals surface area contributed by atoms with Gasteiger partial charge in [-0.2, -0.15) is 4.31 Å². The van der Waals surface area contributed by atoms with Crippen molar-refractivity contribution in [1.82, 2.24) is 4.31 Å². The molecular formula is C13H16FNO4S. The molecule has 0 fully saturated rings. The smallest absolute Gasteiger partial charge is 0.341 e. The van der Waals surface area contributed by atoms with Gasteiger partial charge in [0.25, 0.3) is 0 Å². The molecule has 0 N–H and O–H groups in total. The molecule has 1 aromatic rings. The molecule has 110 valence electrons. The summed E-state index contributed by atoms with van der Waals surface area (Å²) in [6, 6.07) is 1.93. The number of carbonyl (C=O) groups excluding carboxylic acids is 1. The van der Waals surface area contributed by atoms with Gasteiger partial charge in [-0.1, -0.05) is 0 Å². The van der Waals surface area contributed by atoms with Gasteiger partial charge >= 0.3 is 5.97 Å². The monoisotopic (exact) mass is 301 g/mol. The predicted octanol–water partition coefficient (Wildman–Crippen LogP) is 1.92. The molecule has 5 nitrogen and oxygen atoms in total. The summed E-state index contributed by atoms with van der Waals surface area (Å²) in [5.41, 5.74) is 0.0176. The lowest BCUT2D eigenvalue weighted by Crippen LogP contribution is -2.31. The third-order valence-electron chi connectivity index (χ3n) is 3.13. The molecule has 0 unspecified atom stereocenters. The van der Waals surface area contributed by atoms with Crippen LogP contribution in [0.25, 0.3) is 0 Å². The molecule has 0 aromatic heterocycles. The van der Waals surface area contributed by atoms with Gasteiger partial charge in [0.1, 0.15) is 5.82 Å². The Hall–Kier alpha value is -1.47. The van der Waals surface area contributed by atoms with Gasteiger partial charge in [0.15, 0.2) is 0 Å². The first kappa shape index (κ1) is 14.9. The van der Waals surface area contributed by atoms with Crippen LogP contribution < -0.4 is 0 Å². The zero-order valence-electron chi connectivity index (χ0n) is 11.5. The lowest BCUT2D eigenvalue weighted by molar-refractivity contribution is 0.0520. The maximum atomic E-state index is 13.9. The summed E-state index contributed by atoms with van der Waals surface area (Å²) >= 11 is 0. The third-order valence-corrected chi connectivity index (χ3v) is 5.24. The summed E-state index contributed by atoms with van der Waals surface area (Å²) in [7, 11) is -3.67. The molecule has 0 spiro atoms. The fourth-order valence-electron chi connectivity index (χ4n) is 2.16. The van der Waals surface area contributed by atoms with Gasteiger partial charge in [-0.3, -0.25) is 0 Å². The van der Waals surface area contributed by atoms with Crippen LogP contribution in [0.3, 0.4) is 0 Å². The minimum atomic E-state index is -3.67. The number of nitrogens with zero attached hydrogens (tertiary/aromatic N) is 1. The van der Waals surface area contributed by atoms with Crippen LogP contribution in [0.1, 0.15) is 36.7 Å². The highest BCUT2D eigenvalue weighted by atomic mass is 32.2. The molecule has 1 aliphatic heterocycles. The number of ether oxygens (including phenoxy) is 1. The third kappa shape index (κ3) is 2.31. The van der Waals surface area contributed by atoms with Crippen molar-refractivity contribution < 1.29 is 22.3 Å². The van der Waals surface area contributed by atoms with E-state index in [1.165, 1.54) is 4.31 Å². The van der Waals surface area contributed by atoms with E-state index in [1.807, 2.05) is 0 Å². The molecule has 2 rings (SSSR count). The van der Waals surface area contributed by atoms with E-state index in [0.717, 1.165) is 12.1 Å². The van der Waals surface area contributed by atoms with Crippen LogP contribution in [0.15, 0.2) is 17.0 Å². The Morgan fingerprint density at radius 3 is 2.65 bits per heavy atom. The number of benzene rings is 1. The second kappa shape index (κ2) is 5.14. The highest BCUT2D eigenvalue weighted by Crippen LogP contribution is 2.33. The lowest BCUT2D eigenvalue weighted by atomic mass is 10.1. The van der Waals surface area contributed by atoms with Crippen molar-refractivity contribution in [2.45, 2.75) is 38.3 Å². The molecule has 1 aliphatic rings. The summed E-state index contributed by atoms with van der Waals surface area (Å²) < 4.78 is 44.5. The number of carbonyl (C=O) groups is 1. The van der Waals surface area contributed by atoms with E-state index in [0.29, 0.717) is 5.56 Å². The van der Waals surface area contributed by atoms with Crippen LogP contribution in [-0.2, 0) is 21.3 Å². The molecular weight excluding hydrogens is 285 g/mol. The van der Waals surface area contributed by atoms with E-state index in [4.69, 9.17) is 4.74 Å². The number of esters is 1. The van der Waals surface area contributed by atoms with Gasteiger partial charge in [-0.25, -0.2) is 17.6 Å². The van der Waals surface area contributed by atoms with Gasteiger partial charge in [0.05, 0.1) is 17.1 Å². The minimum absolute atomic E-state index is 0.0179. The quantitative estimate of drug-likeness (QED) is 0.800. The SMILES string of the molecule is CCOC(=O)c1cc2c(cc1F)CN(C(C)C)S2(=O)=O. The van der Waals surface area contributed by atoms with Crippen molar-refractivity contribution >= 4 is 16.0 Å². The number of halogens is 1. The summed E-state index contributed by atoms with van der Waals surface area (Å²) in [6.45, 7) is 5.30. The number of hydrogen-bond donors (Lipinski definition) is 0. The standard InChI is InChI=1S/C13H16FNO4S/c1-4-19-13(16)10-6-12-9(5-11(10)14)7-15(8(2)3)20(12,17)18/h5-6,8H,4,7H2,1-3H3. The molecule has 0 saturated carbocycles. The number of sulfonamides is 1. The van der Waals surface area contributed by atoms with Gasteiger partial charge in [0.2, 0.25) is 10.0 Å². The summed E-state index contributed by atoms with van der Waals surface area (Å²) in [5.74, 6) is -1.62. The Morgan fingerprint density at radius 2 is 2.10 bits per heavy atom. The predicted molar refractivity (Wildman–Crippen MR) is 70.2 cm³/mol. The first-order chi connectivity index (χ1) is 9.28.